The molecule has 0 atom stereocenters. The summed E-state index contributed by atoms with van der Waals surface area (Å²) in [5.74, 6) is 0.0203. The van der Waals surface area contributed by atoms with Crippen molar-refractivity contribution in [3.8, 4) is 0 Å². The van der Waals surface area contributed by atoms with Crippen LogP contribution in [0.1, 0.15) is 25.0 Å². The van der Waals surface area contributed by atoms with Crippen LogP contribution in [0, 0.1) is 0 Å². The number of halogens is 1. The molecule has 3 N–H and O–H groups in total. The zero-order valence-electron chi connectivity index (χ0n) is 12.9. The largest absolute Gasteiger partial charge is 0.399 e. The van der Waals surface area contributed by atoms with Crippen molar-refractivity contribution in [1.82, 2.24) is 5.32 Å². The fraction of sp³-hybridized carbons (Fsp3) is 0.278. The smallest absolute Gasteiger partial charge is 0.224 e. The molecule has 0 aliphatic carbocycles. The van der Waals surface area contributed by atoms with E-state index in [0.29, 0.717) is 12.1 Å². The van der Waals surface area contributed by atoms with Crippen molar-refractivity contribution in [2.75, 3.05) is 5.73 Å². The van der Waals surface area contributed by atoms with Crippen molar-refractivity contribution in [1.29, 1.82) is 0 Å². The van der Waals surface area contributed by atoms with Crippen molar-refractivity contribution < 1.29 is 4.79 Å². The highest BCUT2D eigenvalue weighted by molar-refractivity contribution is 9.10. The minimum Gasteiger partial charge on any atom is -0.399 e. The average molecular weight is 361 g/mol. The first kappa shape index (κ1) is 16.6. The van der Waals surface area contributed by atoms with Crippen LogP contribution in [0.15, 0.2) is 53.0 Å². The summed E-state index contributed by atoms with van der Waals surface area (Å²) in [7, 11) is 0. The summed E-state index contributed by atoms with van der Waals surface area (Å²) in [4.78, 5) is 12.2. The first-order chi connectivity index (χ1) is 10.3. The van der Waals surface area contributed by atoms with E-state index in [-0.39, 0.29) is 11.4 Å². The quantitative estimate of drug-likeness (QED) is 0.798. The van der Waals surface area contributed by atoms with Crippen LogP contribution in [0.4, 0.5) is 5.69 Å². The fourth-order valence-corrected chi connectivity index (χ4v) is 2.66. The van der Waals surface area contributed by atoms with Gasteiger partial charge in [-0.15, -0.1) is 0 Å². The van der Waals surface area contributed by atoms with Crippen molar-refractivity contribution in [2.24, 2.45) is 0 Å². The Morgan fingerprint density at radius 1 is 1.05 bits per heavy atom. The van der Waals surface area contributed by atoms with Gasteiger partial charge in [0.25, 0.3) is 0 Å². The molecule has 22 heavy (non-hydrogen) atoms. The van der Waals surface area contributed by atoms with E-state index in [9.17, 15) is 4.79 Å². The lowest BCUT2D eigenvalue weighted by atomic mass is 9.94. The predicted octanol–water partition coefficient (Wildman–Crippen LogP) is 3.71. The lowest BCUT2D eigenvalue weighted by Gasteiger charge is -2.26. The number of amides is 1. The zero-order chi connectivity index (χ0) is 16.2. The third kappa shape index (κ3) is 5.19. The molecule has 3 nitrogen and oxygen atoms in total. The van der Waals surface area contributed by atoms with E-state index in [0.717, 1.165) is 16.5 Å². The Morgan fingerprint density at radius 3 is 2.18 bits per heavy atom. The fourth-order valence-electron chi connectivity index (χ4n) is 2.40. The predicted molar refractivity (Wildman–Crippen MR) is 94.6 cm³/mol. The summed E-state index contributed by atoms with van der Waals surface area (Å²) >= 11 is 3.43. The van der Waals surface area contributed by atoms with Gasteiger partial charge < -0.3 is 11.1 Å². The number of benzene rings is 2. The summed E-state index contributed by atoms with van der Waals surface area (Å²) in [5.41, 5.74) is 8.23. The number of rotatable bonds is 5. The monoisotopic (exact) mass is 360 g/mol. The molecular weight excluding hydrogens is 340 g/mol. The van der Waals surface area contributed by atoms with E-state index in [1.807, 2.05) is 50.2 Å². The summed E-state index contributed by atoms with van der Waals surface area (Å²) in [6.45, 7) is 4.08. The molecule has 2 rings (SSSR count). The normalized spacial score (nSPS) is 11.2. The molecule has 0 saturated heterocycles. The van der Waals surface area contributed by atoms with Crippen molar-refractivity contribution in [3.05, 3.63) is 64.1 Å². The molecule has 0 aliphatic heterocycles. The van der Waals surface area contributed by atoms with E-state index in [1.165, 1.54) is 5.56 Å². The molecule has 0 spiro atoms. The van der Waals surface area contributed by atoms with Crippen LogP contribution in [0.25, 0.3) is 0 Å². The first-order valence-corrected chi connectivity index (χ1v) is 8.03. The van der Waals surface area contributed by atoms with Crippen molar-refractivity contribution in [2.45, 2.75) is 32.2 Å². The van der Waals surface area contributed by atoms with Crippen molar-refractivity contribution in [3.63, 3.8) is 0 Å². The second-order valence-electron chi connectivity index (χ2n) is 6.15. The van der Waals surface area contributed by atoms with Gasteiger partial charge in [-0.05, 0) is 55.7 Å². The average Bonchev–Trinajstić information content (AvgIpc) is 2.43. The highest BCUT2D eigenvalue weighted by Crippen LogP contribution is 2.16. The molecule has 2 aromatic rings. The van der Waals surface area contributed by atoms with Crippen LogP contribution in [-0.4, -0.2) is 11.4 Å². The summed E-state index contributed by atoms with van der Waals surface area (Å²) in [5, 5.41) is 3.10. The molecule has 0 saturated carbocycles. The van der Waals surface area contributed by atoms with Gasteiger partial charge in [0, 0.05) is 15.7 Å². The Hall–Kier alpha value is -1.81. The maximum Gasteiger partial charge on any atom is 0.224 e. The number of hydrogen-bond acceptors (Lipinski definition) is 2. The molecule has 0 aliphatic rings. The van der Waals surface area contributed by atoms with Gasteiger partial charge in [-0.25, -0.2) is 0 Å². The van der Waals surface area contributed by atoms with Gasteiger partial charge in [-0.3, -0.25) is 4.79 Å². The number of carbonyl (C=O) groups excluding carboxylic acids is 1. The first-order valence-electron chi connectivity index (χ1n) is 7.24. The van der Waals surface area contributed by atoms with Gasteiger partial charge in [0.05, 0.1) is 6.42 Å². The van der Waals surface area contributed by atoms with E-state index < -0.39 is 0 Å². The topological polar surface area (TPSA) is 55.1 Å². The Labute approximate surface area is 140 Å². The van der Waals surface area contributed by atoms with Gasteiger partial charge in [0.1, 0.15) is 0 Å². The van der Waals surface area contributed by atoms with Crippen LogP contribution < -0.4 is 11.1 Å². The zero-order valence-corrected chi connectivity index (χ0v) is 14.5. The number of nitrogen functional groups attached to an aromatic ring is 1. The van der Waals surface area contributed by atoms with Crippen LogP contribution in [-0.2, 0) is 17.6 Å². The highest BCUT2D eigenvalue weighted by Gasteiger charge is 2.21. The second kappa shape index (κ2) is 6.97. The SMILES string of the molecule is CC(C)(Cc1ccc(Br)cc1)NC(=O)Cc1ccc(N)cc1. The second-order valence-corrected chi connectivity index (χ2v) is 7.07. The van der Waals surface area contributed by atoms with Crippen molar-refractivity contribution >= 4 is 27.5 Å². The third-order valence-corrected chi connectivity index (χ3v) is 3.91. The van der Waals surface area contributed by atoms with Gasteiger partial charge in [-0.2, -0.15) is 0 Å². The molecule has 4 heteroatoms. The van der Waals surface area contributed by atoms with E-state index >= 15 is 0 Å². The van der Waals surface area contributed by atoms with E-state index in [1.54, 1.807) is 0 Å². The Balaban J connectivity index is 1.94. The minimum atomic E-state index is -0.293. The summed E-state index contributed by atoms with van der Waals surface area (Å²) < 4.78 is 1.06. The van der Waals surface area contributed by atoms with Crippen LogP contribution >= 0.6 is 15.9 Å². The summed E-state index contributed by atoms with van der Waals surface area (Å²) in [6, 6.07) is 15.6. The standard InChI is InChI=1S/C18H21BrN2O/c1-18(2,12-14-3-7-15(19)8-4-14)21-17(22)11-13-5-9-16(20)10-6-13/h3-10H,11-12,20H2,1-2H3,(H,21,22). The molecule has 0 unspecified atom stereocenters. The minimum absolute atomic E-state index is 0.0203. The maximum absolute atomic E-state index is 12.2. The molecule has 0 fully saturated rings. The molecule has 0 bridgehead atoms. The van der Waals surface area contributed by atoms with Gasteiger partial charge in [0.15, 0.2) is 0 Å². The van der Waals surface area contributed by atoms with Crippen LogP contribution in [0.2, 0.25) is 0 Å². The van der Waals surface area contributed by atoms with Gasteiger partial charge in [0.2, 0.25) is 5.91 Å². The van der Waals surface area contributed by atoms with E-state index in [2.05, 4.69) is 33.4 Å². The molecular formula is C18H21BrN2O. The summed E-state index contributed by atoms with van der Waals surface area (Å²) in [6.07, 6.45) is 1.15. The Morgan fingerprint density at radius 2 is 1.59 bits per heavy atom. The third-order valence-electron chi connectivity index (χ3n) is 3.38. The Kier molecular flexibility index (Phi) is 5.24. The Bertz CT molecular complexity index is 633. The number of hydrogen-bond donors (Lipinski definition) is 2. The molecule has 116 valence electrons. The molecule has 0 heterocycles. The lowest BCUT2D eigenvalue weighted by molar-refractivity contribution is -0.122. The number of nitrogens with two attached hydrogens (primary N) is 1. The lowest BCUT2D eigenvalue weighted by Crippen LogP contribution is -2.45. The van der Waals surface area contributed by atoms with Crippen LogP contribution in [0.5, 0.6) is 0 Å². The molecule has 0 aromatic heterocycles. The number of nitrogens with one attached hydrogen (secondary N) is 1. The number of carbonyl (C=O) groups is 1. The van der Waals surface area contributed by atoms with Crippen LogP contribution in [0.3, 0.4) is 0 Å². The molecule has 0 radical (unpaired) electrons. The highest BCUT2D eigenvalue weighted by atomic mass is 79.9. The maximum atomic E-state index is 12.2. The van der Waals surface area contributed by atoms with Gasteiger partial charge >= 0.3 is 0 Å². The van der Waals surface area contributed by atoms with E-state index in [4.69, 9.17) is 5.73 Å². The number of anilines is 1. The van der Waals surface area contributed by atoms with Gasteiger partial charge in [-0.1, -0.05) is 40.2 Å². The molecule has 2 aromatic carbocycles. The molecule has 1 amide bonds.